The first-order valence-electron chi connectivity index (χ1n) is 6.02. The summed E-state index contributed by atoms with van der Waals surface area (Å²) in [6.07, 6.45) is 0. The number of benzene rings is 2. The lowest BCUT2D eigenvalue weighted by Crippen LogP contribution is -2.36. The van der Waals surface area contributed by atoms with E-state index in [1.54, 1.807) is 13.2 Å². The predicted molar refractivity (Wildman–Crippen MR) is 75.4 cm³/mol. The molecule has 0 atom stereocenters. The number of rotatable bonds is 3. The average molecular weight is 259 g/mol. The molecule has 2 rings (SSSR count). The van der Waals surface area contributed by atoms with Crippen molar-refractivity contribution in [3.05, 3.63) is 36.4 Å². The molecule has 0 aliphatic carbocycles. The van der Waals surface area contributed by atoms with E-state index in [0.717, 1.165) is 16.5 Å². The lowest BCUT2D eigenvalue weighted by Gasteiger charge is -2.16. The zero-order chi connectivity index (χ0) is 14.0. The van der Waals surface area contributed by atoms with Gasteiger partial charge in [-0.3, -0.25) is 4.79 Å². The van der Waals surface area contributed by atoms with E-state index < -0.39 is 11.5 Å². The fraction of sp³-hybridized carbons (Fsp3) is 0.267. The number of hydrogen-bond donors (Lipinski definition) is 2. The van der Waals surface area contributed by atoms with E-state index in [4.69, 9.17) is 4.74 Å². The van der Waals surface area contributed by atoms with Crippen molar-refractivity contribution in [2.24, 2.45) is 0 Å². The van der Waals surface area contributed by atoms with Crippen LogP contribution in [0.25, 0.3) is 10.8 Å². The third kappa shape index (κ3) is 3.03. The van der Waals surface area contributed by atoms with Crippen LogP contribution in [0.1, 0.15) is 13.8 Å². The molecule has 4 heteroatoms. The molecule has 0 heterocycles. The highest BCUT2D eigenvalue weighted by Gasteiger charge is 2.23. The molecular weight excluding hydrogens is 242 g/mol. The summed E-state index contributed by atoms with van der Waals surface area (Å²) in [5.41, 5.74) is -0.737. The highest BCUT2D eigenvalue weighted by Crippen LogP contribution is 2.24. The van der Waals surface area contributed by atoms with E-state index >= 15 is 0 Å². The maximum atomic E-state index is 11.7. The average Bonchev–Trinajstić information content (AvgIpc) is 2.37. The highest BCUT2D eigenvalue weighted by atomic mass is 16.5. The molecule has 0 saturated carbocycles. The van der Waals surface area contributed by atoms with E-state index in [-0.39, 0.29) is 0 Å². The predicted octanol–water partition coefficient (Wildman–Crippen LogP) is 2.56. The van der Waals surface area contributed by atoms with Crippen LogP contribution in [-0.4, -0.2) is 23.7 Å². The van der Waals surface area contributed by atoms with Gasteiger partial charge in [-0.25, -0.2) is 0 Å². The molecule has 4 nitrogen and oxygen atoms in total. The number of methoxy groups -OCH3 is 1. The second-order valence-corrected chi connectivity index (χ2v) is 4.94. The van der Waals surface area contributed by atoms with Crippen molar-refractivity contribution in [2.45, 2.75) is 19.4 Å². The smallest absolute Gasteiger partial charge is 0.255 e. The number of carbonyl (C=O) groups excluding carboxylic acids is 1. The van der Waals surface area contributed by atoms with Crippen molar-refractivity contribution >= 4 is 22.4 Å². The van der Waals surface area contributed by atoms with Gasteiger partial charge in [0.05, 0.1) is 7.11 Å². The molecule has 2 aromatic rings. The first-order valence-corrected chi connectivity index (χ1v) is 6.02. The van der Waals surface area contributed by atoms with Crippen molar-refractivity contribution in [1.82, 2.24) is 0 Å². The Morgan fingerprint density at radius 2 is 1.79 bits per heavy atom. The third-order valence-electron chi connectivity index (χ3n) is 2.86. The molecular formula is C15H17NO3. The minimum Gasteiger partial charge on any atom is -0.497 e. The van der Waals surface area contributed by atoms with Gasteiger partial charge in [0.1, 0.15) is 11.4 Å². The molecule has 0 saturated heterocycles. The van der Waals surface area contributed by atoms with Gasteiger partial charge in [0.2, 0.25) is 0 Å². The highest BCUT2D eigenvalue weighted by molar-refractivity contribution is 5.98. The number of fused-ring (bicyclic) bond motifs is 1. The summed E-state index contributed by atoms with van der Waals surface area (Å²) in [7, 11) is 1.62. The third-order valence-corrected chi connectivity index (χ3v) is 2.86. The first-order chi connectivity index (χ1) is 8.90. The summed E-state index contributed by atoms with van der Waals surface area (Å²) in [5, 5.41) is 14.3. The maximum Gasteiger partial charge on any atom is 0.255 e. The van der Waals surface area contributed by atoms with Crippen molar-refractivity contribution in [3.63, 3.8) is 0 Å². The molecule has 0 aromatic heterocycles. The quantitative estimate of drug-likeness (QED) is 0.890. The van der Waals surface area contributed by atoms with E-state index in [2.05, 4.69) is 5.32 Å². The van der Waals surface area contributed by atoms with Crippen molar-refractivity contribution in [1.29, 1.82) is 0 Å². The molecule has 0 bridgehead atoms. The number of carbonyl (C=O) groups is 1. The zero-order valence-electron chi connectivity index (χ0n) is 11.2. The second kappa shape index (κ2) is 4.90. The molecule has 100 valence electrons. The van der Waals surface area contributed by atoms with Gasteiger partial charge in [-0.1, -0.05) is 12.1 Å². The van der Waals surface area contributed by atoms with Crippen LogP contribution < -0.4 is 10.1 Å². The number of ether oxygens (including phenoxy) is 1. The number of anilines is 1. The van der Waals surface area contributed by atoms with Crippen LogP contribution in [0.5, 0.6) is 5.75 Å². The summed E-state index contributed by atoms with van der Waals surface area (Å²) in [6.45, 7) is 2.91. The lowest BCUT2D eigenvalue weighted by atomic mass is 10.1. The number of hydrogen-bond acceptors (Lipinski definition) is 3. The molecule has 1 amide bonds. The van der Waals surface area contributed by atoms with Crippen LogP contribution in [0.4, 0.5) is 5.69 Å². The largest absolute Gasteiger partial charge is 0.497 e. The lowest BCUT2D eigenvalue weighted by molar-refractivity contribution is -0.130. The molecule has 0 aliphatic rings. The number of aliphatic hydroxyl groups is 1. The monoisotopic (exact) mass is 259 g/mol. The molecule has 2 aromatic carbocycles. The van der Waals surface area contributed by atoms with Gasteiger partial charge in [-0.2, -0.15) is 0 Å². The Kier molecular flexibility index (Phi) is 3.44. The molecule has 0 unspecified atom stereocenters. The van der Waals surface area contributed by atoms with Gasteiger partial charge in [0.15, 0.2) is 0 Å². The van der Waals surface area contributed by atoms with Gasteiger partial charge < -0.3 is 15.2 Å². The molecule has 19 heavy (non-hydrogen) atoms. The second-order valence-electron chi connectivity index (χ2n) is 4.94. The Bertz CT molecular complexity index is 614. The molecule has 0 aliphatic heterocycles. The summed E-state index contributed by atoms with van der Waals surface area (Å²) >= 11 is 0. The Balaban J connectivity index is 2.30. The van der Waals surface area contributed by atoms with Gasteiger partial charge in [-0.15, -0.1) is 0 Å². The molecule has 0 spiro atoms. The van der Waals surface area contributed by atoms with Crippen molar-refractivity contribution < 1.29 is 14.6 Å². The van der Waals surface area contributed by atoms with Crippen LogP contribution in [0, 0.1) is 0 Å². The zero-order valence-corrected chi connectivity index (χ0v) is 11.2. The minimum atomic E-state index is -1.39. The minimum absolute atomic E-state index is 0.430. The van der Waals surface area contributed by atoms with E-state index in [9.17, 15) is 9.90 Å². The Morgan fingerprint density at radius 3 is 2.42 bits per heavy atom. The van der Waals surface area contributed by atoms with Gasteiger partial charge in [0.25, 0.3) is 5.91 Å². The summed E-state index contributed by atoms with van der Waals surface area (Å²) in [5.74, 6) is 0.362. The molecule has 0 radical (unpaired) electrons. The van der Waals surface area contributed by atoms with Gasteiger partial charge in [-0.05, 0) is 48.9 Å². The summed E-state index contributed by atoms with van der Waals surface area (Å²) in [6, 6.07) is 11.3. The summed E-state index contributed by atoms with van der Waals surface area (Å²) < 4.78 is 5.16. The fourth-order valence-electron chi connectivity index (χ4n) is 1.71. The number of nitrogens with one attached hydrogen (secondary N) is 1. The van der Waals surface area contributed by atoms with Crippen LogP contribution in [0.2, 0.25) is 0 Å². The van der Waals surface area contributed by atoms with E-state index in [0.29, 0.717) is 5.69 Å². The Labute approximate surface area is 112 Å². The number of amides is 1. The van der Waals surface area contributed by atoms with Crippen molar-refractivity contribution in [2.75, 3.05) is 12.4 Å². The van der Waals surface area contributed by atoms with Crippen LogP contribution in [0.3, 0.4) is 0 Å². The van der Waals surface area contributed by atoms with Crippen LogP contribution >= 0.6 is 0 Å². The Morgan fingerprint density at radius 1 is 1.16 bits per heavy atom. The van der Waals surface area contributed by atoms with Gasteiger partial charge in [0, 0.05) is 5.69 Å². The van der Waals surface area contributed by atoms with E-state index in [1.807, 2.05) is 30.3 Å². The first kappa shape index (κ1) is 13.4. The molecule has 2 N–H and O–H groups in total. The van der Waals surface area contributed by atoms with Crippen molar-refractivity contribution in [3.8, 4) is 5.75 Å². The van der Waals surface area contributed by atoms with E-state index in [1.165, 1.54) is 13.8 Å². The topological polar surface area (TPSA) is 58.6 Å². The summed E-state index contributed by atoms with van der Waals surface area (Å²) in [4.78, 5) is 11.7. The van der Waals surface area contributed by atoms with Crippen LogP contribution in [0.15, 0.2) is 36.4 Å². The van der Waals surface area contributed by atoms with Crippen LogP contribution in [-0.2, 0) is 4.79 Å². The normalized spacial score (nSPS) is 11.4. The Hall–Kier alpha value is -2.07. The standard InChI is InChI=1S/C15H17NO3/c1-15(2,18)14(17)16-12-6-4-11-9-13(19-3)7-5-10(11)8-12/h4-9,18H,1-3H3,(H,16,17). The van der Waals surface area contributed by atoms with Gasteiger partial charge >= 0.3 is 0 Å². The fourth-order valence-corrected chi connectivity index (χ4v) is 1.71. The maximum absolute atomic E-state index is 11.7. The molecule has 0 fully saturated rings. The SMILES string of the molecule is COc1ccc2cc(NC(=O)C(C)(C)O)ccc2c1.